The Hall–Kier alpha value is -2.87. The molecular weight excluding hydrogens is 280 g/mol. The quantitative estimate of drug-likeness (QED) is 0.443. The van der Waals surface area contributed by atoms with Crippen molar-refractivity contribution in [3.8, 4) is 0 Å². The number of rotatable bonds is 2. The van der Waals surface area contributed by atoms with E-state index in [0.29, 0.717) is 0 Å². The zero-order valence-corrected chi connectivity index (χ0v) is 13.4. The van der Waals surface area contributed by atoms with Crippen molar-refractivity contribution in [3.05, 3.63) is 66.5 Å². The molecule has 2 heteroatoms. The van der Waals surface area contributed by atoms with Gasteiger partial charge in [-0.2, -0.15) is 0 Å². The van der Waals surface area contributed by atoms with Crippen LogP contribution in [0.25, 0.3) is 44.7 Å². The van der Waals surface area contributed by atoms with E-state index < -0.39 is 0 Å². The van der Waals surface area contributed by atoms with E-state index in [0.717, 1.165) is 11.2 Å². The van der Waals surface area contributed by atoms with E-state index in [1.165, 1.54) is 32.6 Å². The molecule has 0 aliphatic rings. The molecule has 112 valence electrons. The predicted octanol–water partition coefficient (Wildman–Crippen LogP) is 5.56. The Morgan fingerprint density at radius 1 is 1.04 bits per heavy atom. The van der Waals surface area contributed by atoms with Crippen LogP contribution in [0.15, 0.2) is 55.3 Å². The standard InChI is InChI=1S/C21H18N2/c1-4-9-16-18(5-2)23(3)21-17-12-8-13-22-20(17)15-11-7-6-10-14(15)19(16)21/h4-13H,2H2,1,3H3/b9-4-. The van der Waals surface area contributed by atoms with Gasteiger partial charge in [0.05, 0.1) is 11.0 Å². The van der Waals surface area contributed by atoms with Crippen LogP contribution >= 0.6 is 0 Å². The van der Waals surface area contributed by atoms with E-state index in [-0.39, 0.29) is 0 Å². The molecule has 0 bridgehead atoms. The van der Waals surface area contributed by atoms with Crippen molar-refractivity contribution in [2.24, 2.45) is 7.05 Å². The third-order valence-corrected chi connectivity index (χ3v) is 4.52. The van der Waals surface area contributed by atoms with Crippen molar-refractivity contribution in [2.45, 2.75) is 6.92 Å². The Morgan fingerprint density at radius 3 is 2.52 bits per heavy atom. The third kappa shape index (κ3) is 1.78. The van der Waals surface area contributed by atoms with Crippen LogP contribution < -0.4 is 0 Å². The van der Waals surface area contributed by atoms with Gasteiger partial charge in [-0.05, 0) is 30.5 Å². The number of hydrogen-bond acceptors (Lipinski definition) is 1. The van der Waals surface area contributed by atoms with Crippen LogP contribution in [0.2, 0.25) is 0 Å². The average molecular weight is 298 g/mol. The molecule has 0 N–H and O–H groups in total. The molecular formula is C21H18N2. The van der Waals surface area contributed by atoms with Crippen LogP contribution in [0, 0.1) is 0 Å². The number of fused-ring (bicyclic) bond motifs is 6. The van der Waals surface area contributed by atoms with Crippen molar-refractivity contribution in [2.75, 3.05) is 0 Å². The topological polar surface area (TPSA) is 17.8 Å². The van der Waals surface area contributed by atoms with Crippen molar-refractivity contribution >= 4 is 44.7 Å². The fourth-order valence-electron chi connectivity index (χ4n) is 3.61. The van der Waals surface area contributed by atoms with Crippen LogP contribution in [0.5, 0.6) is 0 Å². The maximum absolute atomic E-state index is 4.65. The second-order valence-electron chi connectivity index (χ2n) is 5.73. The molecule has 23 heavy (non-hydrogen) atoms. The van der Waals surface area contributed by atoms with Gasteiger partial charge in [-0.3, -0.25) is 4.98 Å². The second-order valence-corrected chi connectivity index (χ2v) is 5.73. The summed E-state index contributed by atoms with van der Waals surface area (Å²) in [6.45, 7) is 6.07. The molecule has 0 saturated heterocycles. The Bertz CT molecular complexity index is 1100. The number of pyridine rings is 1. The maximum atomic E-state index is 4.65. The molecule has 0 spiro atoms. The van der Waals surface area contributed by atoms with Crippen molar-refractivity contribution in [1.82, 2.24) is 9.55 Å². The van der Waals surface area contributed by atoms with Crippen LogP contribution in [0.1, 0.15) is 18.2 Å². The van der Waals surface area contributed by atoms with Gasteiger partial charge in [0.25, 0.3) is 0 Å². The maximum Gasteiger partial charge on any atom is 0.0801 e. The minimum atomic E-state index is 1.05. The highest BCUT2D eigenvalue weighted by Crippen LogP contribution is 2.39. The van der Waals surface area contributed by atoms with Gasteiger partial charge >= 0.3 is 0 Å². The molecule has 4 aromatic rings. The molecule has 0 aliphatic heterocycles. The number of nitrogens with zero attached hydrogens (tertiary/aromatic N) is 2. The summed E-state index contributed by atoms with van der Waals surface area (Å²) in [6.07, 6.45) is 8.06. The fraction of sp³-hybridized carbons (Fsp3) is 0.0952. The van der Waals surface area contributed by atoms with Gasteiger partial charge in [0.2, 0.25) is 0 Å². The van der Waals surface area contributed by atoms with Crippen LogP contribution in [0.4, 0.5) is 0 Å². The van der Waals surface area contributed by atoms with E-state index in [4.69, 9.17) is 0 Å². The lowest BCUT2D eigenvalue weighted by molar-refractivity contribution is 0.957. The number of benzene rings is 2. The summed E-state index contributed by atoms with van der Waals surface area (Å²) < 4.78 is 2.23. The SMILES string of the molecule is C=Cc1c(/C=C\C)c2c3ccccc3c3ncccc3c2n1C. The van der Waals surface area contributed by atoms with Gasteiger partial charge in [0.15, 0.2) is 0 Å². The molecule has 0 aliphatic carbocycles. The summed E-state index contributed by atoms with van der Waals surface area (Å²) in [5, 5.41) is 4.90. The Kier molecular flexibility index (Phi) is 3.05. The van der Waals surface area contributed by atoms with Gasteiger partial charge in [-0.25, -0.2) is 0 Å². The number of aryl methyl sites for hydroxylation is 1. The first-order valence-electron chi connectivity index (χ1n) is 7.81. The van der Waals surface area contributed by atoms with Crippen molar-refractivity contribution in [1.29, 1.82) is 0 Å². The molecule has 0 atom stereocenters. The van der Waals surface area contributed by atoms with Crippen LogP contribution in [-0.2, 0) is 7.05 Å². The molecule has 2 aromatic carbocycles. The molecule has 2 aromatic heterocycles. The minimum absolute atomic E-state index is 1.05. The Balaban J connectivity index is 2.44. The predicted molar refractivity (Wildman–Crippen MR) is 101 cm³/mol. The van der Waals surface area contributed by atoms with E-state index in [1.54, 1.807) is 0 Å². The van der Waals surface area contributed by atoms with Gasteiger partial charge in [-0.15, -0.1) is 0 Å². The fourth-order valence-corrected chi connectivity index (χ4v) is 3.61. The molecule has 0 saturated carbocycles. The van der Waals surface area contributed by atoms with Crippen LogP contribution in [-0.4, -0.2) is 9.55 Å². The van der Waals surface area contributed by atoms with Gasteiger partial charge in [0.1, 0.15) is 0 Å². The highest BCUT2D eigenvalue weighted by Gasteiger charge is 2.17. The number of allylic oxidation sites excluding steroid dienone is 1. The zero-order chi connectivity index (χ0) is 16.0. The summed E-state index contributed by atoms with van der Waals surface area (Å²) in [7, 11) is 2.10. The molecule has 4 rings (SSSR count). The first-order valence-corrected chi connectivity index (χ1v) is 7.81. The lowest BCUT2D eigenvalue weighted by atomic mass is 9.98. The Morgan fingerprint density at radius 2 is 1.78 bits per heavy atom. The first-order chi connectivity index (χ1) is 11.3. The molecule has 0 amide bonds. The average Bonchev–Trinajstić information content (AvgIpc) is 2.88. The van der Waals surface area contributed by atoms with Crippen molar-refractivity contribution in [3.63, 3.8) is 0 Å². The number of hydrogen-bond donors (Lipinski definition) is 0. The molecule has 0 fully saturated rings. The molecule has 0 radical (unpaired) electrons. The second kappa shape index (κ2) is 5.10. The van der Waals surface area contributed by atoms with Gasteiger partial charge in [-0.1, -0.05) is 43.0 Å². The molecule has 0 unspecified atom stereocenters. The van der Waals surface area contributed by atoms with Crippen molar-refractivity contribution < 1.29 is 0 Å². The zero-order valence-electron chi connectivity index (χ0n) is 13.4. The summed E-state index contributed by atoms with van der Waals surface area (Å²) >= 11 is 0. The normalized spacial score (nSPS) is 11.9. The Labute approximate surface area is 135 Å². The third-order valence-electron chi connectivity index (χ3n) is 4.52. The highest BCUT2D eigenvalue weighted by atomic mass is 15.0. The first kappa shape index (κ1) is 13.8. The van der Waals surface area contributed by atoms with Gasteiger partial charge < -0.3 is 4.57 Å². The summed E-state index contributed by atoms with van der Waals surface area (Å²) in [5.41, 5.74) is 4.63. The minimum Gasteiger partial charge on any atom is -0.343 e. The van der Waals surface area contributed by atoms with E-state index in [2.05, 4.69) is 72.6 Å². The lowest BCUT2D eigenvalue weighted by Gasteiger charge is -2.08. The summed E-state index contributed by atoms with van der Waals surface area (Å²) in [5.74, 6) is 0. The summed E-state index contributed by atoms with van der Waals surface area (Å²) in [4.78, 5) is 4.65. The van der Waals surface area contributed by atoms with Gasteiger partial charge in [0, 0.05) is 40.7 Å². The number of aromatic nitrogens is 2. The molecule has 2 heterocycles. The lowest BCUT2D eigenvalue weighted by Crippen LogP contribution is -1.92. The van der Waals surface area contributed by atoms with Crippen LogP contribution in [0.3, 0.4) is 0 Å². The summed E-state index contributed by atoms with van der Waals surface area (Å²) in [6, 6.07) is 12.7. The van der Waals surface area contributed by atoms with E-state index >= 15 is 0 Å². The highest BCUT2D eigenvalue weighted by molar-refractivity contribution is 6.26. The monoisotopic (exact) mass is 298 g/mol. The largest absolute Gasteiger partial charge is 0.343 e. The smallest absolute Gasteiger partial charge is 0.0801 e. The van der Waals surface area contributed by atoms with E-state index in [1.807, 2.05) is 18.3 Å². The van der Waals surface area contributed by atoms with E-state index in [9.17, 15) is 0 Å². The molecule has 2 nitrogen and oxygen atoms in total.